The number of nitrogens with one attached hydrogen (secondary N) is 1. The van der Waals surface area contributed by atoms with Gasteiger partial charge in [-0.05, 0) is 45.3 Å². The van der Waals surface area contributed by atoms with Crippen molar-refractivity contribution >= 4 is 17.7 Å². The van der Waals surface area contributed by atoms with E-state index < -0.39 is 0 Å². The van der Waals surface area contributed by atoms with Gasteiger partial charge in [0.25, 0.3) is 0 Å². The molecule has 1 aliphatic heterocycles. The van der Waals surface area contributed by atoms with Crippen LogP contribution in [0, 0.1) is 0 Å². The largest absolute Gasteiger partial charge is 0.465 e. The lowest BCUT2D eigenvalue weighted by molar-refractivity contribution is 0.0600. The van der Waals surface area contributed by atoms with Gasteiger partial charge in [-0.2, -0.15) is 0 Å². The predicted molar refractivity (Wildman–Crippen MR) is 98.1 cm³/mol. The van der Waals surface area contributed by atoms with E-state index in [1.54, 1.807) is 6.07 Å². The summed E-state index contributed by atoms with van der Waals surface area (Å²) in [7, 11) is 5.43. The second-order valence-corrected chi connectivity index (χ2v) is 6.40. The molecule has 1 heterocycles. The van der Waals surface area contributed by atoms with Gasteiger partial charge < -0.3 is 24.8 Å². The molecule has 2 amide bonds. The van der Waals surface area contributed by atoms with Gasteiger partial charge in [-0.25, -0.2) is 9.59 Å². The molecule has 0 aromatic heterocycles. The second-order valence-electron chi connectivity index (χ2n) is 6.40. The van der Waals surface area contributed by atoms with Crippen molar-refractivity contribution in [2.45, 2.75) is 6.42 Å². The highest BCUT2D eigenvalue weighted by molar-refractivity contribution is 5.90. The van der Waals surface area contributed by atoms with Crippen LogP contribution in [-0.2, 0) is 4.74 Å². The molecule has 0 saturated carbocycles. The Morgan fingerprint density at radius 2 is 1.92 bits per heavy atom. The molecular weight excluding hydrogens is 320 g/mol. The minimum absolute atomic E-state index is 0.00159. The van der Waals surface area contributed by atoms with Crippen LogP contribution in [-0.4, -0.2) is 82.3 Å². The van der Waals surface area contributed by atoms with Crippen molar-refractivity contribution in [2.75, 3.05) is 65.4 Å². The Balaban J connectivity index is 1.81. The minimum Gasteiger partial charge on any atom is -0.465 e. The number of rotatable bonds is 6. The van der Waals surface area contributed by atoms with Gasteiger partial charge in [0, 0.05) is 38.4 Å². The van der Waals surface area contributed by atoms with Crippen LogP contribution in [0.4, 0.5) is 10.5 Å². The van der Waals surface area contributed by atoms with Gasteiger partial charge in [0.15, 0.2) is 0 Å². The molecule has 1 aromatic rings. The molecule has 0 radical (unpaired) electrons. The van der Waals surface area contributed by atoms with Gasteiger partial charge in [0.1, 0.15) is 0 Å². The summed E-state index contributed by atoms with van der Waals surface area (Å²) in [5.74, 6) is -0.336. The summed E-state index contributed by atoms with van der Waals surface area (Å²) in [5, 5.41) is 2.97. The first-order valence-corrected chi connectivity index (χ1v) is 8.62. The third-order valence-corrected chi connectivity index (χ3v) is 4.26. The van der Waals surface area contributed by atoms with Crippen LogP contribution >= 0.6 is 0 Å². The first-order chi connectivity index (χ1) is 12.0. The number of benzene rings is 1. The summed E-state index contributed by atoms with van der Waals surface area (Å²) < 4.78 is 4.77. The van der Waals surface area contributed by atoms with Crippen LogP contribution in [0.2, 0.25) is 0 Å². The lowest BCUT2D eigenvalue weighted by Gasteiger charge is -2.36. The van der Waals surface area contributed by atoms with Gasteiger partial charge in [0.2, 0.25) is 0 Å². The Morgan fingerprint density at radius 3 is 2.56 bits per heavy atom. The molecule has 2 rings (SSSR count). The number of anilines is 1. The molecular formula is C18H28N4O3. The summed E-state index contributed by atoms with van der Waals surface area (Å²) in [6.45, 7) is 4.48. The van der Waals surface area contributed by atoms with Crippen molar-refractivity contribution < 1.29 is 14.3 Å². The first-order valence-electron chi connectivity index (χ1n) is 8.62. The van der Waals surface area contributed by atoms with E-state index >= 15 is 0 Å². The number of carbonyl (C=O) groups is 2. The van der Waals surface area contributed by atoms with E-state index in [0.29, 0.717) is 25.2 Å². The van der Waals surface area contributed by atoms with E-state index in [1.807, 2.05) is 37.2 Å². The van der Waals surface area contributed by atoms with Gasteiger partial charge in [0.05, 0.1) is 12.7 Å². The molecule has 1 aromatic carbocycles. The third-order valence-electron chi connectivity index (χ3n) is 4.26. The number of methoxy groups -OCH3 is 1. The van der Waals surface area contributed by atoms with Gasteiger partial charge in [-0.3, -0.25) is 0 Å². The Kier molecular flexibility index (Phi) is 7.06. The fourth-order valence-corrected chi connectivity index (χ4v) is 2.82. The van der Waals surface area contributed by atoms with Gasteiger partial charge in [-0.15, -0.1) is 0 Å². The van der Waals surface area contributed by atoms with E-state index in [4.69, 9.17) is 4.74 Å². The number of hydrogen-bond donors (Lipinski definition) is 1. The lowest BCUT2D eigenvalue weighted by Crippen LogP contribution is -2.52. The Bertz CT molecular complexity index is 583. The predicted octanol–water partition coefficient (Wildman–Crippen LogP) is 1.26. The highest BCUT2D eigenvalue weighted by atomic mass is 16.5. The maximum Gasteiger partial charge on any atom is 0.337 e. The second kappa shape index (κ2) is 9.27. The number of carbonyl (C=O) groups excluding carboxylic acids is 2. The zero-order chi connectivity index (χ0) is 18.2. The average Bonchev–Trinajstić information content (AvgIpc) is 2.64. The summed E-state index contributed by atoms with van der Waals surface area (Å²) in [4.78, 5) is 30.0. The molecule has 0 atom stereocenters. The van der Waals surface area contributed by atoms with Crippen LogP contribution < -0.4 is 10.2 Å². The first kappa shape index (κ1) is 19.1. The number of ether oxygens (including phenoxy) is 1. The monoisotopic (exact) mass is 348 g/mol. The SMILES string of the molecule is COC(=O)c1cccc(N2CCN(C(=O)NCCCN(C)C)CC2)c1. The molecule has 0 bridgehead atoms. The van der Waals surface area contributed by atoms with Crippen LogP contribution in [0.3, 0.4) is 0 Å². The summed E-state index contributed by atoms with van der Waals surface area (Å²) in [5.41, 5.74) is 1.52. The number of urea groups is 1. The third kappa shape index (κ3) is 5.63. The van der Waals surface area contributed by atoms with Crippen molar-refractivity contribution in [3.63, 3.8) is 0 Å². The smallest absolute Gasteiger partial charge is 0.337 e. The van der Waals surface area contributed by atoms with Crippen molar-refractivity contribution in [1.29, 1.82) is 0 Å². The Hall–Kier alpha value is -2.28. The number of hydrogen-bond acceptors (Lipinski definition) is 5. The van der Waals surface area contributed by atoms with Crippen molar-refractivity contribution in [2.24, 2.45) is 0 Å². The summed E-state index contributed by atoms with van der Waals surface area (Å²) in [6, 6.07) is 7.41. The number of piperazine rings is 1. The summed E-state index contributed by atoms with van der Waals surface area (Å²) in [6.07, 6.45) is 0.943. The fraction of sp³-hybridized carbons (Fsp3) is 0.556. The normalized spacial score (nSPS) is 14.6. The van der Waals surface area contributed by atoms with Crippen molar-refractivity contribution in [3.05, 3.63) is 29.8 Å². The molecule has 1 saturated heterocycles. The molecule has 25 heavy (non-hydrogen) atoms. The summed E-state index contributed by atoms with van der Waals surface area (Å²) >= 11 is 0. The number of amides is 2. The Morgan fingerprint density at radius 1 is 1.20 bits per heavy atom. The Labute approximate surface area is 149 Å². The topological polar surface area (TPSA) is 65.1 Å². The van der Waals surface area contributed by atoms with Crippen LogP contribution in [0.25, 0.3) is 0 Å². The molecule has 0 spiro atoms. The molecule has 1 N–H and O–H groups in total. The van der Waals surface area contributed by atoms with E-state index in [1.165, 1.54) is 7.11 Å². The van der Waals surface area contributed by atoms with E-state index in [2.05, 4.69) is 15.1 Å². The van der Waals surface area contributed by atoms with Crippen LogP contribution in [0.15, 0.2) is 24.3 Å². The number of esters is 1. The molecule has 138 valence electrons. The van der Waals surface area contributed by atoms with E-state index in [9.17, 15) is 9.59 Å². The molecule has 1 aliphatic rings. The molecule has 0 aliphatic carbocycles. The van der Waals surface area contributed by atoms with Crippen LogP contribution in [0.1, 0.15) is 16.8 Å². The van der Waals surface area contributed by atoms with Crippen molar-refractivity contribution in [3.8, 4) is 0 Å². The van der Waals surface area contributed by atoms with Gasteiger partial charge >= 0.3 is 12.0 Å². The highest BCUT2D eigenvalue weighted by Crippen LogP contribution is 2.18. The number of nitrogens with zero attached hydrogens (tertiary/aromatic N) is 3. The maximum absolute atomic E-state index is 12.2. The molecule has 1 fully saturated rings. The molecule has 0 unspecified atom stereocenters. The van der Waals surface area contributed by atoms with E-state index in [0.717, 1.165) is 31.7 Å². The maximum atomic E-state index is 12.2. The lowest BCUT2D eigenvalue weighted by atomic mass is 10.1. The van der Waals surface area contributed by atoms with E-state index in [-0.39, 0.29) is 12.0 Å². The molecule has 7 nitrogen and oxygen atoms in total. The average molecular weight is 348 g/mol. The zero-order valence-electron chi connectivity index (χ0n) is 15.3. The zero-order valence-corrected chi connectivity index (χ0v) is 15.3. The van der Waals surface area contributed by atoms with Gasteiger partial charge in [-0.1, -0.05) is 6.07 Å². The highest BCUT2D eigenvalue weighted by Gasteiger charge is 2.21. The fourth-order valence-electron chi connectivity index (χ4n) is 2.82. The quantitative estimate of drug-likeness (QED) is 0.619. The van der Waals surface area contributed by atoms with Crippen molar-refractivity contribution in [1.82, 2.24) is 15.1 Å². The standard InChI is InChI=1S/C18H28N4O3/c1-20(2)9-5-8-19-18(24)22-12-10-21(11-13-22)16-7-4-6-15(14-16)17(23)25-3/h4,6-7,14H,5,8-13H2,1-3H3,(H,19,24). The minimum atomic E-state index is -0.336. The molecule has 7 heteroatoms. The van der Waals surface area contributed by atoms with Crippen LogP contribution in [0.5, 0.6) is 0 Å².